The molecular weight excluding hydrogens is 581 g/mol. The van der Waals surface area contributed by atoms with Crippen molar-refractivity contribution in [2.45, 2.75) is 52.6 Å². The molecule has 0 aliphatic carbocycles. The fourth-order valence-corrected chi connectivity index (χ4v) is 6.06. The fourth-order valence-electron chi connectivity index (χ4n) is 4.58. The lowest BCUT2D eigenvalue weighted by Gasteiger charge is -2.32. The van der Waals surface area contributed by atoms with Gasteiger partial charge in [-0.3, -0.25) is 13.9 Å². The summed E-state index contributed by atoms with van der Waals surface area (Å²) in [4.78, 5) is 28.7. The second kappa shape index (κ2) is 14.7. The molecule has 0 radical (unpaired) electrons. The van der Waals surface area contributed by atoms with E-state index in [2.05, 4.69) is 5.32 Å². The van der Waals surface area contributed by atoms with E-state index in [0.29, 0.717) is 34.3 Å². The van der Waals surface area contributed by atoms with Crippen LogP contribution in [0.4, 0.5) is 5.69 Å². The number of benzene rings is 3. The van der Waals surface area contributed by atoms with Crippen molar-refractivity contribution in [1.29, 1.82) is 0 Å². The monoisotopic (exact) mass is 617 g/mol. The van der Waals surface area contributed by atoms with Gasteiger partial charge in [-0.15, -0.1) is 0 Å². The normalized spacial score (nSPS) is 12.0. The van der Waals surface area contributed by atoms with Crippen molar-refractivity contribution >= 4 is 50.7 Å². The van der Waals surface area contributed by atoms with E-state index in [1.165, 1.54) is 9.21 Å². The lowest BCUT2D eigenvalue weighted by atomic mass is 10.0. The first-order valence-corrected chi connectivity index (χ1v) is 16.1. The van der Waals surface area contributed by atoms with Gasteiger partial charge in [-0.2, -0.15) is 0 Å². The highest BCUT2D eigenvalue weighted by Gasteiger charge is 2.31. The van der Waals surface area contributed by atoms with Crippen molar-refractivity contribution in [2.24, 2.45) is 0 Å². The van der Waals surface area contributed by atoms with Crippen LogP contribution in [-0.4, -0.2) is 50.5 Å². The minimum Gasteiger partial charge on any atom is -0.355 e. The Morgan fingerprint density at radius 2 is 1.59 bits per heavy atom. The SMILES string of the molecule is CCNC(=O)[C@@H](Cc1ccccc1)N(Cc1c(Cl)cccc1Cl)C(=O)CCCN(c1ccc(C)c(C)c1)S(C)(=O)=O. The van der Waals surface area contributed by atoms with Crippen molar-refractivity contribution in [3.05, 3.63) is 99.0 Å². The molecule has 0 saturated heterocycles. The minimum atomic E-state index is -3.59. The Hall–Kier alpha value is -3.07. The smallest absolute Gasteiger partial charge is 0.243 e. The van der Waals surface area contributed by atoms with Crippen LogP contribution in [0.3, 0.4) is 0 Å². The minimum absolute atomic E-state index is 0.0175. The third-order valence-electron chi connectivity index (χ3n) is 6.94. The van der Waals surface area contributed by atoms with E-state index >= 15 is 0 Å². The number of nitrogens with zero attached hydrogens (tertiary/aromatic N) is 2. The molecule has 3 aromatic rings. The van der Waals surface area contributed by atoms with Crippen LogP contribution < -0.4 is 9.62 Å². The van der Waals surface area contributed by atoms with Crippen LogP contribution in [0.25, 0.3) is 0 Å². The van der Waals surface area contributed by atoms with Crippen LogP contribution in [0.5, 0.6) is 0 Å². The van der Waals surface area contributed by atoms with E-state index in [0.717, 1.165) is 22.9 Å². The molecule has 0 aliphatic rings. The number of sulfonamides is 1. The van der Waals surface area contributed by atoms with Crippen molar-refractivity contribution in [3.63, 3.8) is 0 Å². The lowest BCUT2D eigenvalue weighted by molar-refractivity contribution is -0.141. The number of carbonyl (C=O) groups excluding carboxylic acids is 2. The number of rotatable bonds is 13. The number of anilines is 1. The Labute approximate surface area is 253 Å². The average molecular weight is 619 g/mol. The standard InChI is InChI=1S/C31H37Cl2N3O4S/c1-5-34-31(38)29(20-24-11-7-6-8-12-24)35(21-26-27(32)13-9-14-28(26)33)30(37)15-10-18-36(41(4,39)40)25-17-16-22(2)23(3)19-25/h6-9,11-14,16-17,19,29H,5,10,15,18,20-21H2,1-4H3,(H,34,38)/t29-/m1/s1. The summed E-state index contributed by atoms with van der Waals surface area (Å²) in [7, 11) is -3.59. The quantitative estimate of drug-likeness (QED) is 0.257. The highest BCUT2D eigenvalue weighted by molar-refractivity contribution is 7.92. The molecule has 0 spiro atoms. The zero-order valence-electron chi connectivity index (χ0n) is 23.9. The molecule has 220 valence electrons. The third-order valence-corrected chi connectivity index (χ3v) is 8.85. The third kappa shape index (κ3) is 8.96. The zero-order chi connectivity index (χ0) is 30.2. The number of likely N-dealkylation sites (N-methyl/N-ethyl adjacent to an activating group) is 1. The molecule has 0 fully saturated rings. The van der Waals surface area contributed by atoms with E-state index < -0.39 is 16.1 Å². The molecule has 0 bridgehead atoms. The summed E-state index contributed by atoms with van der Waals surface area (Å²) < 4.78 is 26.7. The number of aryl methyl sites for hydroxylation is 2. The molecule has 0 saturated carbocycles. The molecule has 1 atom stereocenters. The van der Waals surface area contributed by atoms with E-state index in [1.807, 2.05) is 63.2 Å². The van der Waals surface area contributed by atoms with E-state index in [1.54, 1.807) is 24.3 Å². The van der Waals surface area contributed by atoms with Crippen molar-refractivity contribution in [3.8, 4) is 0 Å². The van der Waals surface area contributed by atoms with Crippen LogP contribution in [0.1, 0.15) is 42.0 Å². The molecule has 7 nitrogen and oxygen atoms in total. The molecule has 1 N–H and O–H groups in total. The Bertz CT molecular complexity index is 1450. The van der Waals surface area contributed by atoms with E-state index in [4.69, 9.17) is 23.2 Å². The maximum absolute atomic E-state index is 13.9. The van der Waals surface area contributed by atoms with Gasteiger partial charge < -0.3 is 10.2 Å². The van der Waals surface area contributed by atoms with Gasteiger partial charge in [-0.05, 0) is 68.1 Å². The molecule has 3 aromatic carbocycles. The molecule has 41 heavy (non-hydrogen) atoms. The van der Waals surface area contributed by atoms with Crippen LogP contribution in [0, 0.1) is 13.8 Å². The largest absolute Gasteiger partial charge is 0.355 e. The first-order chi connectivity index (χ1) is 19.4. The number of hydrogen-bond acceptors (Lipinski definition) is 4. The summed E-state index contributed by atoms with van der Waals surface area (Å²) in [5.74, 6) is -0.595. The highest BCUT2D eigenvalue weighted by atomic mass is 35.5. The number of carbonyl (C=O) groups is 2. The van der Waals surface area contributed by atoms with Gasteiger partial charge in [-0.1, -0.05) is 65.7 Å². The van der Waals surface area contributed by atoms with Crippen molar-refractivity contribution < 1.29 is 18.0 Å². The molecule has 10 heteroatoms. The second-order valence-electron chi connectivity index (χ2n) is 10.0. The summed E-state index contributed by atoms with van der Waals surface area (Å²) in [6.45, 7) is 6.24. The Morgan fingerprint density at radius 3 is 2.17 bits per heavy atom. The van der Waals surface area contributed by atoms with Gasteiger partial charge in [-0.25, -0.2) is 8.42 Å². The molecular formula is C31H37Cl2N3O4S. The average Bonchev–Trinajstić information content (AvgIpc) is 2.91. The second-order valence-corrected chi connectivity index (χ2v) is 12.8. The van der Waals surface area contributed by atoms with E-state index in [-0.39, 0.29) is 37.7 Å². The first-order valence-electron chi connectivity index (χ1n) is 13.5. The summed E-state index contributed by atoms with van der Waals surface area (Å²) in [6, 6.07) is 19.2. The Morgan fingerprint density at radius 1 is 0.927 bits per heavy atom. The first kappa shape index (κ1) is 32.4. The van der Waals surface area contributed by atoms with Gasteiger partial charge in [0.25, 0.3) is 0 Å². The lowest BCUT2D eigenvalue weighted by Crippen LogP contribution is -2.50. The van der Waals surface area contributed by atoms with Gasteiger partial charge >= 0.3 is 0 Å². The Kier molecular flexibility index (Phi) is 11.6. The molecule has 3 rings (SSSR count). The molecule has 0 aromatic heterocycles. The molecule has 0 heterocycles. The molecule has 0 unspecified atom stereocenters. The molecule has 2 amide bonds. The zero-order valence-corrected chi connectivity index (χ0v) is 26.2. The fraction of sp³-hybridized carbons (Fsp3) is 0.355. The van der Waals surface area contributed by atoms with Crippen molar-refractivity contribution in [1.82, 2.24) is 10.2 Å². The summed E-state index contributed by atoms with van der Waals surface area (Å²) in [5, 5.41) is 3.64. The topological polar surface area (TPSA) is 86.8 Å². The maximum Gasteiger partial charge on any atom is 0.243 e. The summed E-state index contributed by atoms with van der Waals surface area (Å²) in [6.07, 6.45) is 1.71. The predicted octanol–water partition coefficient (Wildman–Crippen LogP) is 5.93. The number of halogens is 2. The van der Waals surface area contributed by atoms with Gasteiger partial charge in [0, 0.05) is 48.1 Å². The predicted molar refractivity (Wildman–Crippen MR) is 167 cm³/mol. The molecule has 0 aliphatic heterocycles. The van der Waals surface area contributed by atoms with Crippen LogP contribution in [0.15, 0.2) is 66.7 Å². The van der Waals surface area contributed by atoms with Crippen LogP contribution in [-0.2, 0) is 32.6 Å². The van der Waals surface area contributed by atoms with Crippen LogP contribution >= 0.6 is 23.2 Å². The summed E-state index contributed by atoms with van der Waals surface area (Å²) >= 11 is 13.0. The highest BCUT2D eigenvalue weighted by Crippen LogP contribution is 2.28. The number of amides is 2. The number of hydrogen-bond donors (Lipinski definition) is 1. The Balaban J connectivity index is 1.91. The van der Waals surface area contributed by atoms with Gasteiger partial charge in [0.15, 0.2) is 0 Å². The van der Waals surface area contributed by atoms with Gasteiger partial charge in [0.05, 0.1) is 11.9 Å². The number of nitrogens with one attached hydrogen (secondary N) is 1. The van der Waals surface area contributed by atoms with Gasteiger partial charge in [0.2, 0.25) is 21.8 Å². The van der Waals surface area contributed by atoms with Crippen molar-refractivity contribution in [2.75, 3.05) is 23.7 Å². The van der Waals surface area contributed by atoms with Gasteiger partial charge in [0.1, 0.15) is 6.04 Å². The summed E-state index contributed by atoms with van der Waals surface area (Å²) in [5.41, 5.74) is 4.01. The van der Waals surface area contributed by atoms with E-state index in [9.17, 15) is 18.0 Å². The maximum atomic E-state index is 13.9. The van der Waals surface area contributed by atoms with Crippen LogP contribution in [0.2, 0.25) is 10.0 Å².